The molecule has 0 bridgehead atoms. The van der Waals surface area contributed by atoms with Gasteiger partial charge in [-0.2, -0.15) is 0 Å². The summed E-state index contributed by atoms with van der Waals surface area (Å²) in [6.45, 7) is 5.24. The lowest BCUT2D eigenvalue weighted by Crippen LogP contribution is -2.08. The summed E-state index contributed by atoms with van der Waals surface area (Å²) >= 11 is 0. The zero-order valence-corrected chi connectivity index (χ0v) is 11.4. The van der Waals surface area contributed by atoms with Crippen molar-refractivity contribution in [2.24, 2.45) is 0 Å². The number of anilines is 1. The Morgan fingerprint density at radius 2 is 1.89 bits per heavy atom. The molecule has 0 aliphatic carbocycles. The first-order valence-corrected chi connectivity index (χ1v) is 6.48. The molecular formula is C15H19N3O. The third-order valence-corrected chi connectivity index (χ3v) is 2.95. The van der Waals surface area contributed by atoms with Crippen LogP contribution < -0.4 is 5.73 Å². The summed E-state index contributed by atoms with van der Waals surface area (Å²) in [6, 6.07) is 10.0. The van der Waals surface area contributed by atoms with Crippen LogP contribution in [-0.2, 0) is 11.2 Å². The summed E-state index contributed by atoms with van der Waals surface area (Å²) in [5.41, 5.74) is 8.86. The monoisotopic (exact) mass is 257 g/mol. The second-order valence-electron chi connectivity index (χ2n) is 4.31. The van der Waals surface area contributed by atoms with E-state index in [1.807, 2.05) is 44.2 Å². The van der Waals surface area contributed by atoms with Gasteiger partial charge in [-0.05, 0) is 13.8 Å². The summed E-state index contributed by atoms with van der Waals surface area (Å²) in [6.07, 6.45) is 0.679. The first-order chi connectivity index (χ1) is 9.22. The highest BCUT2D eigenvalue weighted by Crippen LogP contribution is 2.24. The van der Waals surface area contributed by atoms with Gasteiger partial charge in [0.25, 0.3) is 0 Å². The van der Waals surface area contributed by atoms with Crippen molar-refractivity contribution in [1.29, 1.82) is 0 Å². The van der Waals surface area contributed by atoms with Crippen LogP contribution in [0, 0.1) is 6.92 Å². The molecule has 1 aromatic carbocycles. The van der Waals surface area contributed by atoms with Crippen LogP contribution in [0.2, 0.25) is 0 Å². The van der Waals surface area contributed by atoms with Crippen molar-refractivity contribution in [3.8, 4) is 11.3 Å². The highest BCUT2D eigenvalue weighted by atomic mass is 16.5. The van der Waals surface area contributed by atoms with Crippen molar-refractivity contribution in [3.05, 3.63) is 41.7 Å². The summed E-state index contributed by atoms with van der Waals surface area (Å²) < 4.78 is 5.33. The van der Waals surface area contributed by atoms with Crippen LogP contribution in [0.25, 0.3) is 11.3 Å². The largest absolute Gasteiger partial charge is 0.383 e. The molecular weight excluding hydrogens is 238 g/mol. The van der Waals surface area contributed by atoms with Crippen LogP contribution in [0.15, 0.2) is 30.3 Å². The van der Waals surface area contributed by atoms with Crippen LogP contribution in [0.5, 0.6) is 0 Å². The van der Waals surface area contributed by atoms with E-state index in [1.54, 1.807) is 0 Å². The molecule has 100 valence electrons. The van der Waals surface area contributed by atoms with E-state index < -0.39 is 0 Å². The molecule has 0 saturated heterocycles. The van der Waals surface area contributed by atoms with E-state index in [4.69, 9.17) is 10.5 Å². The number of nitrogen functional groups attached to an aromatic ring is 1. The van der Waals surface area contributed by atoms with Gasteiger partial charge >= 0.3 is 0 Å². The number of rotatable bonds is 5. The van der Waals surface area contributed by atoms with Gasteiger partial charge in [-0.25, -0.2) is 9.97 Å². The molecule has 1 aromatic heterocycles. The first-order valence-electron chi connectivity index (χ1n) is 6.48. The highest BCUT2D eigenvalue weighted by Gasteiger charge is 2.10. The van der Waals surface area contributed by atoms with Gasteiger partial charge in [0.15, 0.2) is 0 Å². The molecule has 0 fully saturated rings. The molecule has 0 radical (unpaired) electrons. The molecule has 0 saturated carbocycles. The highest BCUT2D eigenvalue weighted by molar-refractivity contribution is 5.67. The normalized spacial score (nSPS) is 10.6. The summed E-state index contributed by atoms with van der Waals surface area (Å²) in [5, 5.41) is 0. The first kappa shape index (κ1) is 13.5. The summed E-state index contributed by atoms with van der Waals surface area (Å²) in [4.78, 5) is 8.92. The van der Waals surface area contributed by atoms with Crippen molar-refractivity contribution < 1.29 is 4.74 Å². The van der Waals surface area contributed by atoms with Crippen molar-refractivity contribution >= 4 is 5.82 Å². The molecule has 2 rings (SSSR count). The Morgan fingerprint density at radius 3 is 2.58 bits per heavy atom. The maximum absolute atomic E-state index is 5.97. The van der Waals surface area contributed by atoms with Gasteiger partial charge in [0.2, 0.25) is 0 Å². The van der Waals surface area contributed by atoms with Crippen molar-refractivity contribution in [2.45, 2.75) is 20.3 Å². The van der Waals surface area contributed by atoms with E-state index in [0.29, 0.717) is 25.5 Å². The zero-order valence-electron chi connectivity index (χ0n) is 11.4. The second kappa shape index (κ2) is 6.29. The summed E-state index contributed by atoms with van der Waals surface area (Å²) in [5.74, 6) is 1.27. The number of benzene rings is 1. The maximum atomic E-state index is 5.97. The minimum atomic E-state index is 0.542. The quantitative estimate of drug-likeness (QED) is 0.836. The molecule has 0 spiro atoms. The Hall–Kier alpha value is -1.94. The van der Waals surface area contributed by atoms with Crippen LogP contribution >= 0.6 is 0 Å². The lowest BCUT2D eigenvalue weighted by atomic mass is 10.1. The molecule has 19 heavy (non-hydrogen) atoms. The van der Waals surface area contributed by atoms with Gasteiger partial charge in [-0.1, -0.05) is 30.3 Å². The van der Waals surface area contributed by atoms with Gasteiger partial charge in [-0.3, -0.25) is 0 Å². The fourth-order valence-electron chi connectivity index (χ4n) is 1.88. The summed E-state index contributed by atoms with van der Waals surface area (Å²) in [7, 11) is 0. The Labute approximate surface area is 113 Å². The van der Waals surface area contributed by atoms with Crippen LogP contribution in [0.1, 0.15) is 18.3 Å². The van der Waals surface area contributed by atoms with Gasteiger partial charge in [0.1, 0.15) is 11.6 Å². The Bertz CT molecular complexity index is 541. The zero-order chi connectivity index (χ0) is 13.7. The fourth-order valence-corrected chi connectivity index (χ4v) is 1.88. The molecule has 4 heteroatoms. The predicted octanol–water partition coefficient (Wildman–Crippen LogP) is 2.61. The van der Waals surface area contributed by atoms with Gasteiger partial charge < -0.3 is 10.5 Å². The molecule has 0 aliphatic heterocycles. The van der Waals surface area contributed by atoms with Crippen molar-refractivity contribution in [2.75, 3.05) is 18.9 Å². The van der Waals surface area contributed by atoms with E-state index in [9.17, 15) is 0 Å². The average Bonchev–Trinajstić information content (AvgIpc) is 2.44. The lowest BCUT2D eigenvalue weighted by molar-refractivity contribution is 0.149. The minimum absolute atomic E-state index is 0.542. The number of nitrogens with zero attached hydrogens (tertiary/aromatic N) is 2. The second-order valence-corrected chi connectivity index (χ2v) is 4.31. The third kappa shape index (κ3) is 3.29. The van der Waals surface area contributed by atoms with E-state index >= 15 is 0 Å². The predicted molar refractivity (Wildman–Crippen MR) is 76.8 cm³/mol. The van der Waals surface area contributed by atoms with Crippen LogP contribution in [0.3, 0.4) is 0 Å². The number of nitrogens with two attached hydrogens (primary N) is 1. The van der Waals surface area contributed by atoms with Gasteiger partial charge in [-0.15, -0.1) is 0 Å². The fraction of sp³-hybridized carbons (Fsp3) is 0.333. The van der Waals surface area contributed by atoms with E-state index in [2.05, 4.69) is 9.97 Å². The molecule has 0 aliphatic rings. The van der Waals surface area contributed by atoms with Crippen LogP contribution in [0.4, 0.5) is 5.82 Å². The SMILES string of the molecule is CCOCCc1nc(N)c(C)c(-c2ccccc2)n1. The third-order valence-electron chi connectivity index (χ3n) is 2.95. The average molecular weight is 257 g/mol. The minimum Gasteiger partial charge on any atom is -0.383 e. The standard InChI is InChI=1S/C15H19N3O/c1-3-19-10-9-13-17-14(11(2)15(16)18-13)12-7-5-4-6-8-12/h4-8H,3,9-10H2,1-2H3,(H2,16,17,18). The molecule has 2 N–H and O–H groups in total. The van der Waals surface area contributed by atoms with E-state index in [0.717, 1.165) is 22.6 Å². The smallest absolute Gasteiger partial charge is 0.133 e. The Kier molecular flexibility index (Phi) is 4.47. The molecule has 0 atom stereocenters. The number of hydrogen-bond donors (Lipinski definition) is 1. The lowest BCUT2D eigenvalue weighted by Gasteiger charge is -2.10. The molecule has 0 unspecified atom stereocenters. The number of ether oxygens (including phenoxy) is 1. The van der Waals surface area contributed by atoms with Crippen molar-refractivity contribution in [1.82, 2.24) is 9.97 Å². The Balaban J connectivity index is 2.32. The molecule has 4 nitrogen and oxygen atoms in total. The van der Waals surface area contributed by atoms with E-state index in [-0.39, 0.29) is 0 Å². The molecule has 0 amide bonds. The van der Waals surface area contributed by atoms with Crippen LogP contribution in [-0.4, -0.2) is 23.2 Å². The topological polar surface area (TPSA) is 61.0 Å². The molecule has 1 heterocycles. The number of hydrogen-bond acceptors (Lipinski definition) is 4. The van der Waals surface area contributed by atoms with Gasteiger partial charge in [0.05, 0.1) is 12.3 Å². The van der Waals surface area contributed by atoms with Gasteiger partial charge in [0, 0.05) is 24.2 Å². The number of aromatic nitrogens is 2. The van der Waals surface area contributed by atoms with Crippen molar-refractivity contribution in [3.63, 3.8) is 0 Å². The van der Waals surface area contributed by atoms with E-state index in [1.165, 1.54) is 0 Å². The maximum Gasteiger partial charge on any atom is 0.133 e. The molecule has 2 aromatic rings. The Morgan fingerprint density at radius 1 is 1.16 bits per heavy atom.